The average molecular weight is 224 g/mol. The van der Waals surface area contributed by atoms with Gasteiger partial charge in [-0.25, -0.2) is 0 Å². The number of benzene rings is 1. The molecule has 0 bridgehead atoms. The Morgan fingerprint density at radius 3 is 2.53 bits per heavy atom. The molecule has 0 heterocycles. The zero-order chi connectivity index (χ0) is 11.4. The number of hydrogen-bond acceptors (Lipinski definition) is 1. The highest BCUT2D eigenvalue weighted by molar-refractivity contribution is 6.32. The minimum absolute atomic E-state index is 0.0654. The molecule has 0 aromatic heterocycles. The van der Waals surface area contributed by atoms with Crippen LogP contribution in [-0.4, -0.2) is 6.10 Å². The second kappa shape index (κ2) is 5.22. The standard InChI is InChI=1S/C13H16ClO/c1-5-10(4)11-6-7-13(12(14)8-11)15-9(2)3/h5-10H,1,4H2,2-3H3. The molecule has 0 fully saturated rings. The predicted octanol–water partition coefficient (Wildman–Crippen LogP) is 4.23. The third-order valence-electron chi connectivity index (χ3n) is 2.03. The first kappa shape index (κ1) is 12.1. The molecule has 1 unspecified atom stereocenters. The molecule has 0 aliphatic rings. The Morgan fingerprint density at radius 1 is 1.40 bits per heavy atom. The second-order valence-electron chi connectivity index (χ2n) is 3.70. The van der Waals surface area contributed by atoms with Crippen LogP contribution >= 0.6 is 11.6 Å². The molecule has 1 atom stereocenters. The van der Waals surface area contributed by atoms with Crippen molar-refractivity contribution in [2.45, 2.75) is 25.9 Å². The van der Waals surface area contributed by atoms with Crippen LogP contribution in [0.2, 0.25) is 5.02 Å². The van der Waals surface area contributed by atoms with Gasteiger partial charge in [0.05, 0.1) is 11.1 Å². The maximum Gasteiger partial charge on any atom is 0.138 e. The fraction of sp³-hybridized carbons (Fsp3) is 0.308. The van der Waals surface area contributed by atoms with E-state index in [9.17, 15) is 0 Å². The van der Waals surface area contributed by atoms with Crippen LogP contribution in [0.25, 0.3) is 0 Å². The van der Waals surface area contributed by atoms with Crippen molar-refractivity contribution in [3.05, 3.63) is 48.4 Å². The lowest BCUT2D eigenvalue weighted by Gasteiger charge is -2.13. The topological polar surface area (TPSA) is 9.23 Å². The SMILES string of the molecule is [CH2]C(C=C)c1ccc(OC(C)C)c(Cl)c1. The van der Waals surface area contributed by atoms with Gasteiger partial charge < -0.3 is 4.74 Å². The first-order valence-electron chi connectivity index (χ1n) is 4.96. The monoisotopic (exact) mass is 223 g/mol. The summed E-state index contributed by atoms with van der Waals surface area (Å²) in [7, 11) is 0. The van der Waals surface area contributed by atoms with E-state index in [2.05, 4.69) is 13.5 Å². The maximum atomic E-state index is 6.09. The van der Waals surface area contributed by atoms with E-state index in [0.29, 0.717) is 10.8 Å². The van der Waals surface area contributed by atoms with E-state index in [1.165, 1.54) is 0 Å². The van der Waals surface area contributed by atoms with E-state index in [4.69, 9.17) is 16.3 Å². The van der Waals surface area contributed by atoms with Gasteiger partial charge in [0.15, 0.2) is 0 Å². The van der Waals surface area contributed by atoms with Gasteiger partial charge in [-0.1, -0.05) is 23.7 Å². The molecule has 0 aliphatic carbocycles. The maximum absolute atomic E-state index is 6.09. The molecule has 1 nitrogen and oxygen atoms in total. The van der Waals surface area contributed by atoms with E-state index in [1.54, 1.807) is 6.08 Å². The number of ether oxygens (including phenoxy) is 1. The normalized spacial score (nSPS) is 12.6. The Balaban J connectivity index is 2.92. The summed E-state index contributed by atoms with van der Waals surface area (Å²) in [6, 6.07) is 5.71. The van der Waals surface area contributed by atoms with E-state index < -0.39 is 0 Å². The summed E-state index contributed by atoms with van der Waals surface area (Å²) >= 11 is 6.09. The number of allylic oxidation sites excluding steroid dienone is 1. The van der Waals surface area contributed by atoms with Gasteiger partial charge in [-0.15, -0.1) is 6.58 Å². The summed E-state index contributed by atoms with van der Waals surface area (Å²) in [4.78, 5) is 0. The highest BCUT2D eigenvalue weighted by Crippen LogP contribution is 2.29. The van der Waals surface area contributed by atoms with Gasteiger partial charge in [0.2, 0.25) is 0 Å². The first-order chi connectivity index (χ1) is 7.04. The largest absolute Gasteiger partial charge is 0.489 e. The highest BCUT2D eigenvalue weighted by atomic mass is 35.5. The minimum Gasteiger partial charge on any atom is -0.489 e. The molecule has 0 saturated heterocycles. The van der Waals surface area contributed by atoms with E-state index in [0.717, 1.165) is 5.56 Å². The van der Waals surface area contributed by atoms with Crippen LogP contribution in [0.1, 0.15) is 25.3 Å². The predicted molar refractivity (Wildman–Crippen MR) is 65.5 cm³/mol. The smallest absolute Gasteiger partial charge is 0.138 e. The third kappa shape index (κ3) is 3.28. The minimum atomic E-state index is 0.0654. The summed E-state index contributed by atoms with van der Waals surface area (Å²) < 4.78 is 5.54. The van der Waals surface area contributed by atoms with Gasteiger partial charge in [-0.05, 0) is 38.5 Å². The van der Waals surface area contributed by atoms with Crippen molar-refractivity contribution in [3.63, 3.8) is 0 Å². The van der Waals surface area contributed by atoms with Crippen LogP contribution in [0.4, 0.5) is 0 Å². The molecule has 0 saturated carbocycles. The fourth-order valence-corrected chi connectivity index (χ4v) is 1.47. The Hall–Kier alpha value is -0.950. The van der Waals surface area contributed by atoms with Crippen LogP contribution in [0.5, 0.6) is 5.75 Å². The van der Waals surface area contributed by atoms with Crippen molar-refractivity contribution in [3.8, 4) is 5.75 Å². The molecule has 1 aromatic carbocycles. The van der Waals surface area contributed by atoms with Crippen molar-refractivity contribution < 1.29 is 4.74 Å². The zero-order valence-corrected chi connectivity index (χ0v) is 9.92. The summed E-state index contributed by atoms with van der Waals surface area (Å²) in [6.45, 7) is 11.6. The molecule has 0 aliphatic heterocycles. The van der Waals surface area contributed by atoms with Crippen molar-refractivity contribution in [1.82, 2.24) is 0 Å². The Morgan fingerprint density at radius 2 is 2.07 bits per heavy atom. The number of rotatable bonds is 4. The van der Waals surface area contributed by atoms with Gasteiger partial charge >= 0.3 is 0 Å². The molecule has 0 amide bonds. The van der Waals surface area contributed by atoms with Crippen molar-refractivity contribution in [2.75, 3.05) is 0 Å². The molecule has 81 valence electrons. The summed E-state index contributed by atoms with van der Waals surface area (Å²) in [5.41, 5.74) is 1.05. The van der Waals surface area contributed by atoms with Gasteiger partial charge in [0.25, 0.3) is 0 Å². The van der Waals surface area contributed by atoms with Crippen molar-refractivity contribution in [1.29, 1.82) is 0 Å². The average Bonchev–Trinajstić information content (AvgIpc) is 2.19. The van der Waals surface area contributed by atoms with E-state index >= 15 is 0 Å². The Bertz CT molecular complexity index is 344. The fourth-order valence-electron chi connectivity index (χ4n) is 1.23. The number of hydrogen-bond donors (Lipinski definition) is 0. The molecule has 15 heavy (non-hydrogen) atoms. The third-order valence-corrected chi connectivity index (χ3v) is 2.33. The van der Waals surface area contributed by atoms with Gasteiger partial charge in [-0.2, -0.15) is 0 Å². The van der Waals surface area contributed by atoms with Crippen LogP contribution in [0, 0.1) is 6.92 Å². The van der Waals surface area contributed by atoms with Gasteiger partial charge in [0, 0.05) is 5.92 Å². The molecule has 1 radical (unpaired) electrons. The molecule has 0 spiro atoms. The molecule has 2 heteroatoms. The lowest BCUT2D eigenvalue weighted by atomic mass is 10.0. The molecular formula is C13H16ClO. The van der Waals surface area contributed by atoms with Gasteiger partial charge in [0.1, 0.15) is 5.75 Å². The van der Waals surface area contributed by atoms with Crippen LogP contribution in [0.3, 0.4) is 0 Å². The molecule has 0 N–H and O–H groups in total. The first-order valence-corrected chi connectivity index (χ1v) is 5.34. The quantitative estimate of drug-likeness (QED) is 0.694. The Kier molecular flexibility index (Phi) is 4.22. The zero-order valence-electron chi connectivity index (χ0n) is 9.16. The van der Waals surface area contributed by atoms with E-state index in [-0.39, 0.29) is 12.0 Å². The van der Waals surface area contributed by atoms with Gasteiger partial charge in [-0.3, -0.25) is 0 Å². The molecular weight excluding hydrogens is 208 g/mol. The van der Waals surface area contributed by atoms with Crippen LogP contribution in [-0.2, 0) is 0 Å². The lowest BCUT2D eigenvalue weighted by molar-refractivity contribution is 0.242. The van der Waals surface area contributed by atoms with Crippen molar-refractivity contribution in [2.24, 2.45) is 0 Å². The summed E-state index contributed by atoms with van der Waals surface area (Å²) in [6.07, 6.45) is 1.91. The lowest BCUT2D eigenvalue weighted by Crippen LogP contribution is -2.06. The molecule has 1 rings (SSSR count). The van der Waals surface area contributed by atoms with Crippen LogP contribution in [0.15, 0.2) is 30.9 Å². The summed E-state index contributed by atoms with van der Waals surface area (Å²) in [5, 5.41) is 0.622. The van der Waals surface area contributed by atoms with E-state index in [1.807, 2.05) is 32.0 Å². The second-order valence-corrected chi connectivity index (χ2v) is 4.11. The number of halogens is 1. The van der Waals surface area contributed by atoms with Crippen LogP contribution < -0.4 is 4.74 Å². The Labute approximate surface area is 96.7 Å². The molecule has 1 aromatic rings. The highest BCUT2D eigenvalue weighted by Gasteiger charge is 2.07. The van der Waals surface area contributed by atoms with Crippen molar-refractivity contribution >= 4 is 11.6 Å². The summed E-state index contributed by atoms with van der Waals surface area (Å²) in [5.74, 6) is 0.780.